The van der Waals surface area contributed by atoms with Gasteiger partial charge in [-0.1, -0.05) is 12.8 Å². The third-order valence-electron chi connectivity index (χ3n) is 5.72. The third kappa shape index (κ3) is 3.32. The molecule has 1 aliphatic heterocycles. The number of aromatic amines is 1. The van der Waals surface area contributed by atoms with Crippen molar-refractivity contribution in [1.29, 1.82) is 0 Å². The quantitative estimate of drug-likeness (QED) is 0.864. The second-order valence-electron chi connectivity index (χ2n) is 7.43. The maximum absolute atomic E-state index is 13.2. The van der Waals surface area contributed by atoms with Gasteiger partial charge in [-0.15, -0.1) is 0 Å². The van der Waals surface area contributed by atoms with E-state index in [-0.39, 0.29) is 23.5 Å². The van der Waals surface area contributed by atoms with Crippen LogP contribution in [-0.4, -0.2) is 40.8 Å². The molecule has 1 saturated heterocycles. The molecule has 2 aromatic rings. The molecule has 2 aliphatic rings. The average molecular weight is 357 g/mol. The summed E-state index contributed by atoms with van der Waals surface area (Å²) in [6.45, 7) is 1.07. The second-order valence-corrected chi connectivity index (χ2v) is 7.43. The number of hydrogen-bond acceptors (Lipinski definition) is 2. The molecule has 138 valence electrons. The fourth-order valence-corrected chi connectivity index (χ4v) is 4.31. The Kier molecular flexibility index (Phi) is 4.66. The first-order chi connectivity index (χ1) is 12.6. The van der Waals surface area contributed by atoms with Crippen LogP contribution in [0.5, 0.6) is 0 Å². The Morgan fingerprint density at radius 1 is 1.31 bits per heavy atom. The Morgan fingerprint density at radius 2 is 2.12 bits per heavy atom. The van der Waals surface area contributed by atoms with Crippen LogP contribution < -0.4 is 5.32 Å². The maximum atomic E-state index is 13.2. The zero-order valence-electron chi connectivity index (χ0n) is 14.8. The van der Waals surface area contributed by atoms with E-state index in [2.05, 4.69) is 10.3 Å². The summed E-state index contributed by atoms with van der Waals surface area (Å²) in [5.41, 5.74) is 1.82. The summed E-state index contributed by atoms with van der Waals surface area (Å²) in [5, 5.41) is 3.94. The molecule has 2 N–H and O–H groups in total. The molecule has 1 aliphatic carbocycles. The van der Waals surface area contributed by atoms with E-state index in [0.29, 0.717) is 32.0 Å². The number of likely N-dealkylation sites (tertiary alicyclic amines) is 1. The van der Waals surface area contributed by atoms with E-state index < -0.39 is 0 Å². The van der Waals surface area contributed by atoms with Gasteiger partial charge < -0.3 is 15.2 Å². The predicted molar refractivity (Wildman–Crippen MR) is 97.0 cm³/mol. The van der Waals surface area contributed by atoms with Crippen molar-refractivity contribution in [2.75, 3.05) is 13.1 Å². The highest BCUT2D eigenvalue weighted by molar-refractivity contribution is 5.89. The van der Waals surface area contributed by atoms with E-state index in [1.807, 2.05) is 11.1 Å². The van der Waals surface area contributed by atoms with E-state index in [1.54, 1.807) is 6.07 Å². The predicted octanol–water partition coefficient (Wildman–Crippen LogP) is 2.76. The lowest BCUT2D eigenvalue weighted by molar-refractivity contribution is -0.130. The zero-order chi connectivity index (χ0) is 18.1. The number of fused-ring (bicyclic) bond motifs is 1. The number of rotatable bonds is 5. The SMILES string of the molecule is O=C(NCCc1c[nH]c2cc(F)ccc12)C1CC(=O)N(C2CCCC2)C1. The fraction of sp³-hybridized carbons (Fsp3) is 0.500. The van der Waals surface area contributed by atoms with Gasteiger partial charge in [0.15, 0.2) is 0 Å². The molecule has 26 heavy (non-hydrogen) atoms. The van der Waals surface area contributed by atoms with Crippen molar-refractivity contribution in [3.63, 3.8) is 0 Å². The molecule has 0 spiro atoms. The van der Waals surface area contributed by atoms with E-state index in [4.69, 9.17) is 0 Å². The number of aromatic nitrogens is 1. The van der Waals surface area contributed by atoms with Crippen LogP contribution in [0.4, 0.5) is 4.39 Å². The van der Waals surface area contributed by atoms with Crippen molar-refractivity contribution in [2.24, 2.45) is 5.92 Å². The van der Waals surface area contributed by atoms with Crippen LogP contribution in [0.25, 0.3) is 10.9 Å². The van der Waals surface area contributed by atoms with Crippen LogP contribution in [0, 0.1) is 11.7 Å². The molecule has 5 nitrogen and oxygen atoms in total. The average Bonchev–Trinajstić information content (AvgIpc) is 3.34. The Hall–Kier alpha value is -2.37. The highest BCUT2D eigenvalue weighted by Gasteiger charge is 2.38. The van der Waals surface area contributed by atoms with Gasteiger partial charge in [0.2, 0.25) is 11.8 Å². The number of nitrogens with zero attached hydrogens (tertiary/aromatic N) is 1. The molecule has 4 rings (SSSR count). The van der Waals surface area contributed by atoms with E-state index in [0.717, 1.165) is 29.3 Å². The fourth-order valence-electron chi connectivity index (χ4n) is 4.31. The third-order valence-corrected chi connectivity index (χ3v) is 5.72. The van der Waals surface area contributed by atoms with Crippen LogP contribution in [0.15, 0.2) is 24.4 Å². The minimum absolute atomic E-state index is 0.0373. The molecule has 2 amide bonds. The van der Waals surface area contributed by atoms with Crippen LogP contribution in [0.3, 0.4) is 0 Å². The van der Waals surface area contributed by atoms with E-state index in [1.165, 1.54) is 25.0 Å². The first-order valence-electron chi connectivity index (χ1n) is 9.44. The molecule has 0 bridgehead atoms. The van der Waals surface area contributed by atoms with Crippen LogP contribution in [0.1, 0.15) is 37.7 Å². The molecule has 1 saturated carbocycles. The van der Waals surface area contributed by atoms with Gasteiger partial charge in [0.05, 0.1) is 5.92 Å². The Morgan fingerprint density at radius 3 is 2.92 bits per heavy atom. The van der Waals surface area contributed by atoms with Gasteiger partial charge in [-0.05, 0) is 43.0 Å². The van der Waals surface area contributed by atoms with Crippen LogP contribution in [-0.2, 0) is 16.0 Å². The molecular weight excluding hydrogens is 333 g/mol. The lowest BCUT2D eigenvalue weighted by atomic mass is 10.1. The lowest BCUT2D eigenvalue weighted by Crippen LogP contribution is -2.37. The first kappa shape index (κ1) is 17.1. The number of amides is 2. The minimum atomic E-state index is -0.267. The van der Waals surface area contributed by atoms with Crippen LogP contribution >= 0.6 is 0 Å². The van der Waals surface area contributed by atoms with E-state index >= 15 is 0 Å². The van der Waals surface area contributed by atoms with Crippen molar-refractivity contribution in [3.8, 4) is 0 Å². The van der Waals surface area contributed by atoms with Gasteiger partial charge in [0.1, 0.15) is 5.82 Å². The Bertz CT molecular complexity index is 826. The number of benzene rings is 1. The summed E-state index contributed by atoms with van der Waals surface area (Å²) in [4.78, 5) is 29.6. The summed E-state index contributed by atoms with van der Waals surface area (Å²) < 4.78 is 13.2. The highest BCUT2D eigenvalue weighted by atomic mass is 19.1. The lowest BCUT2D eigenvalue weighted by Gasteiger charge is -2.23. The minimum Gasteiger partial charge on any atom is -0.361 e. The molecule has 1 unspecified atom stereocenters. The smallest absolute Gasteiger partial charge is 0.225 e. The number of carbonyl (C=O) groups excluding carboxylic acids is 2. The first-order valence-corrected chi connectivity index (χ1v) is 9.44. The Labute approximate surface area is 151 Å². The van der Waals surface area contributed by atoms with Gasteiger partial charge in [0, 0.05) is 42.7 Å². The number of hydrogen-bond donors (Lipinski definition) is 2. The van der Waals surface area contributed by atoms with Gasteiger partial charge in [-0.3, -0.25) is 9.59 Å². The Balaban J connectivity index is 1.30. The molecular formula is C20H24FN3O2. The molecule has 1 atom stereocenters. The topological polar surface area (TPSA) is 65.2 Å². The molecule has 6 heteroatoms. The number of nitrogens with one attached hydrogen (secondary N) is 2. The number of carbonyl (C=O) groups is 2. The second kappa shape index (κ2) is 7.09. The highest BCUT2D eigenvalue weighted by Crippen LogP contribution is 2.29. The summed E-state index contributed by atoms with van der Waals surface area (Å²) >= 11 is 0. The molecule has 1 aromatic heterocycles. The van der Waals surface area contributed by atoms with Crippen molar-refractivity contribution in [1.82, 2.24) is 15.2 Å². The van der Waals surface area contributed by atoms with Crippen molar-refractivity contribution in [3.05, 3.63) is 35.8 Å². The maximum Gasteiger partial charge on any atom is 0.225 e. The summed E-state index contributed by atoms with van der Waals surface area (Å²) in [7, 11) is 0. The van der Waals surface area contributed by atoms with Crippen molar-refractivity contribution < 1.29 is 14.0 Å². The normalized spacial score (nSPS) is 21.0. The summed E-state index contributed by atoms with van der Waals surface area (Å²) in [6, 6.07) is 5.01. The van der Waals surface area contributed by atoms with Crippen molar-refractivity contribution >= 4 is 22.7 Å². The number of halogens is 1. The molecule has 2 fully saturated rings. The molecule has 0 radical (unpaired) electrons. The summed E-state index contributed by atoms with van der Waals surface area (Å²) in [6.07, 6.45) is 7.36. The standard InChI is InChI=1S/C20H24FN3O2/c21-15-5-6-17-13(11-23-18(17)10-15)7-8-22-20(26)14-9-19(25)24(12-14)16-3-1-2-4-16/h5-6,10-11,14,16,23H,1-4,7-9,12H2,(H,22,26). The van der Waals surface area contributed by atoms with Gasteiger partial charge in [-0.25, -0.2) is 4.39 Å². The van der Waals surface area contributed by atoms with Gasteiger partial charge in [0.25, 0.3) is 0 Å². The molecule has 2 heterocycles. The monoisotopic (exact) mass is 357 g/mol. The van der Waals surface area contributed by atoms with Crippen molar-refractivity contribution in [2.45, 2.75) is 44.6 Å². The largest absolute Gasteiger partial charge is 0.361 e. The number of H-pyrrole nitrogens is 1. The zero-order valence-corrected chi connectivity index (χ0v) is 14.8. The van der Waals surface area contributed by atoms with Crippen LogP contribution in [0.2, 0.25) is 0 Å². The van der Waals surface area contributed by atoms with Gasteiger partial charge >= 0.3 is 0 Å². The molecule has 1 aromatic carbocycles. The van der Waals surface area contributed by atoms with E-state index in [9.17, 15) is 14.0 Å². The summed E-state index contributed by atoms with van der Waals surface area (Å²) in [5.74, 6) is -0.419. The van der Waals surface area contributed by atoms with Gasteiger partial charge in [-0.2, -0.15) is 0 Å².